The fourth-order valence-corrected chi connectivity index (χ4v) is 2.79. The van der Waals surface area contributed by atoms with Crippen molar-refractivity contribution >= 4 is 23.9 Å². The van der Waals surface area contributed by atoms with Crippen molar-refractivity contribution in [3.8, 4) is 0 Å². The van der Waals surface area contributed by atoms with E-state index in [0.29, 0.717) is 5.96 Å². The summed E-state index contributed by atoms with van der Waals surface area (Å²) in [5.74, 6) is 1.42. The fraction of sp³-hybridized carbons (Fsp3) is 0.231. The predicted molar refractivity (Wildman–Crippen MR) is 77.5 cm³/mol. The van der Waals surface area contributed by atoms with Crippen molar-refractivity contribution in [1.82, 2.24) is 10.4 Å². The molecule has 0 spiro atoms. The molecule has 3 rings (SSSR count). The van der Waals surface area contributed by atoms with Crippen molar-refractivity contribution in [1.29, 1.82) is 0 Å². The van der Waals surface area contributed by atoms with E-state index in [-0.39, 0.29) is 0 Å². The average Bonchev–Trinajstić information content (AvgIpc) is 2.85. The minimum absolute atomic E-state index is 0.616. The summed E-state index contributed by atoms with van der Waals surface area (Å²) in [5.41, 5.74) is 4.43. The molecule has 1 atom stereocenters. The third-order valence-electron chi connectivity index (χ3n) is 2.79. The van der Waals surface area contributed by atoms with Crippen LogP contribution in [0.5, 0.6) is 0 Å². The number of methoxy groups -OCH3 is 1. The molecule has 0 amide bonds. The molecule has 0 radical (unpaired) electrons. The first-order valence-corrected chi connectivity index (χ1v) is 6.91. The molecule has 5 nitrogen and oxygen atoms in total. The summed E-state index contributed by atoms with van der Waals surface area (Å²) in [6.07, 6.45) is 5.43. The Hall–Kier alpha value is -1.63. The van der Waals surface area contributed by atoms with Gasteiger partial charge in [0.1, 0.15) is 0 Å². The molecule has 98 valence electrons. The van der Waals surface area contributed by atoms with Crippen LogP contribution >= 0.6 is 11.8 Å². The van der Waals surface area contributed by atoms with Gasteiger partial charge >= 0.3 is 0 Å². The quantitative estimate of drug-likeness (QED) is 0.853. The molecule has 1 aromatic carbocycles. The van der Waals surface area contributed by atoms with Gasteiger partial charge in [-0.15, -0.1) is 0 Å². The Labute approximate surface area is 116 Å². The lowest BCUT2D eigenvalue weighted by molar-refractivity contribution is 0.0324. The number of ether oxygens (including phenoxy) is 1. The molecular formula is C13H14N4OS. The number of rotatable bonds is 4. The van der Waals surface area contributed by atoms with Crippen LogP contribution in [0, 0.1) is 0 Å². The fourth-order valence-electron chi connectivity index (χ4n) is 1.81. The van der Waals surface area contributed by atoms with E-state index >= 15 is 0 Å². The van der Waals surface area contributed by atoms with E-state index < -0.39 is 5.18 Å². The molecule has 0 aromatic heterocycles. The summed E-state index contributed by atoms with van der Waals surface area (Å²) in [6.45, 7) is 0. The number of aliphatic imine (C=N–C) groups is 2. The Morgan fingerprint density at radius 2 is 2.21 bits per heavy atom. The number of nitrogens with zero attached hydrogens (tertiary/aromatic N) is 3. The van der Waals surface area contributed by atoms with E-state index in [2.05, 4.69) is 27.5 Å². The highest BCUT2D eigenvalue weighted by atomic mass is 32.2. The highest BCUT2D eigenvalue weighted by molar-refractivity contribution is 7.99. The van der Waals surface area contributed by atoms with Crippen molar-refractivity contribution in [3.05, 3.63) is 48.2 Å². The topological polar surface area (TPSA) is 49.2 Å². The molecule has 1 aromatic rings. The van der Waals surface area contributed by atoms with E-state index in [9.17, 15) is 0 Å². The molecule has 19 heavy (non-hydrogen) atoms. The van der Waals surface area contributed by atoms with Crippen LogP contribution in [0.15, 0.2) is 52.6 Å². The number of hydrogen-bond donors (Lipinski definition) is 1. The predicted octanol–water partition coefficient (Wildman–Crippen LogP) is 1.95. The molecule has 1 N–H and O–H groups in total. The summed E-state index contributed by atoms with van der Waals surface area (Å²) in [5, 5.41) is 0.957. The lowest BCUT2D eigenvalue weighted by Gasteiger charge is -2.25. The van der Waals surface area contributed by atoms with Crippen molar-refractivity contribution in [2.24, 2.45) is 9.98 Å². The van der Waals surface area contributed by atoms with Crippen molar-refractivity contribution in [2.75, 3.05) is 7.11 Å². The number of benzene rings is 1. The van der Waals surface area contributed by atoms with Gasteiger partial charge in [0.25, 0.3) is 5.18 Å². The first-order chi connectivity index (χ1) is 9.31. The van der Waals surface area contributed by atoms with Gasteiger partial charge in [-0.3, -0.25) is 0 Å². The van der Waals surface area contributed by atoms with Crippen molar-refractivity contribution < 1.29 is 4.74 Å². The third-order valence-corrected chi connectivity index (χ3v) is 4.01. The van der Waals surface area contributed by atoms with E-state index in [4.69, 9.17) is 4.74 Å². The molecule has 6 heteroatoms. The number of allylic oxidation sites excluding steroid dienone is 1. The Kier molecular flexibility index (Phi) is 3.37. The Morgan fingerprint density at radius 3 is 2.95 bits per heavy atom. The molecule has 0 saturated heterocycles. The number of hydrazine groups is 1. The van der Waals surface area contributed by atoms with Gasteiger partial charge in [0.05, 0.1) is 0 Å². The van der Waals surface area contributed by atoms with Gasteiger partial charge in [-0.2, -0.15) is 10.4 Å². The number of fused-ring (bicyclic) bond motifs is 1. The first-order valence-electron chi connectivity index (χ1n) is 5.92. The standard InChI is InChI=1S/C13H14N4OS/c1-18-13(19-10-11-6-3-2-4-7-11)15-12-14-8-5-9-17(12)16-13/h2-9,16H,10H2,1H3. The van der Waals surface area contributed by atoms with Gasteiger partial charge in [-0.25, -0.2) is 10.0 Å². The molecule has 1 unspecified atom stereocenters. The van der Waals surface area contributed by atoms with E-state index in [1.54, 1.807) is 30.1 Å². The number of guanidine groups is 1. The molecule has 2 heterocycles. The van der Waals surface area contributed by atoms with Crippen LogP contribution in [-0.4, -0.2) is 29.5 Å². The van der Waals surface area contributed by atoms with Gasteiger partial charge in [0.2, 0.25) is 5.96 Å². The van der Waals surface area contributed by atoms with Gasteiger partial charge in [-0.1, -0.05) is 42.1 Å². The number of hydrogen-bond acceptors (Lipinski definition) is 6. The van der Waals surface area contributed by atoms with Crippen LogP contribution in [0.25, 0.3) is 0 Å². The third kappa shape index (κ3) is 2.56. The van der Waals surface area contributed by atoms with Crippen LogP contribution < -0.4 is 5.43 Å². The maximum atomic E-state index is 5.53. The molecular weight excluding hydrogens is 260 g/mol. The smallest absolute Gasteiger partial charge is 0.287 e. The van der Waals surface area contributed by atoms with E-state index in [1.165, 1.54) is 5.56 Å². The molecule has 2 aliphatic heterocycles. The van der Waals surface area contributed by atoms with E-state index in [0.717, 1.165) is 5.75 Å². The number of nitrogens with one attached hydrogen (secondary N) is 1. The minimum Gasteiger partial charge on any atom is -0.335 e. The zero-order valence-electron chi connectivity index (χ0n) is 10.5. The number of thioether (sulfide) groups is 1. The van der Waals surface area contributed by atoms with Crippen LogP contribution in [0.4, 0.5) is 0 Å². The van der Waals surface area contributed by atoms with Crippen LogP contribution in [-0.2, 0) is 10.5 Å². The lowest BCUT2D eigenvalue weighted by Crippen LogP contribution is -2.45. The summed E-state index contributed by atoms with van der Waals surface area (Å²) in [4.78, 5) is 8.70. The van der Waals surface area contributed by atoms with Gasteiger partial charge in [0.15, 0.2) is 0 Å². The maximum Gasteiger partial charge on any atom is 0.287 e. The Bertz CT molecular complexity index is 543. The Morgan fingerprint density at radius 1 is 1.37 bits per heavy atom. The molecule has 0 fully saturated rings. The normalized spacial score (nSPS) is 24.5. The summed E-state index contributed by atoms with van der Waals surface area (Å²) >= 11 is 1.58. The zero-order valence-corrected chi connectivity index (χ0v) is 11.3. The summed E-state index contributed by atoms with van der Waals surface area (Å²) < 4.78 is 5.53. The van der Waals surface area contributed by atoms with Crippen LogP contribution in [0.1, 0.15) is 5.56 Å². The molecule has 0 bridgehead atoms. The van der Waals surface area contributed by atoms with Crippen molar-refractivity contribution in [2.45, 2.75) is 10.9 Å². The maximum absolute atomic E-state index is 5.53. The molecule has 0 aliphatic carbocycles. The summed E-state index contributed by atoms with van der Waals surface area (Å²) in [6, 6.07) is 10.2. The van der Waals surface area contributed by atoms with Gasteiger partial charge < -0.3 is 4.74 Å². The second kappa shape index (κ2) is 5.16. The largest absolute Gasteiger partial charge is 0.335 e. The summed E-state index contributed by atoms with van der Waals surface area (Å²) in [7, 11) is 1.64. The highest BCUT2D eigenvalue weighted by Crippen LogP contribution is 2.33. The second-order valence-corrected chi connectivity index (χ2v) is 5.20. The second-order valence-electron chi connectivity index (χ2n) is 4.07. The Balaban J connectivity index is 1.73. The van der Waals surface area contributed by atoms with Crippen LogP contribution in [0.3, 0.4) is 0 Å². The SMILES string of the molecule is COC1(SCc2ccccc2)N=C2N=CC=CN2N1. The van der Waals surface area contributed by atoms with Gasteiger partial charge in [0, 0.05) is 25.3 Å². The lowest BCUT2D eigenvalue weighted by atomic mass is 10.2. The zero-order chi connectivity index (χ0) is 13.1. The molecule has 2 aliphatic rings. The monoisotopic (exact) mass is 274 g/mol. The molecule has 0 saturated carbocycles. The van der Waals surface area contributed by atoms with Gasteiger partial charge in [-0.05, 0) is 11.6 Å². The highest BCUT2D eigenvalue weighted by Gasteiger charge is 2.39. The minimum atomic E-state index is -0.808. The van der Waals surface area contributed by atoms with Crippen LogP contribution in [0.2, 0.25) is 0 Å². The van der Waals surface area contributed by atoms with Crippen molar-refractivity contribution in [3.63, 3.8) is 0 Å². The first kappa shape index (κ1) is 12.4. The average molecular weight is 274 g/mol. The van der Waals surface area contributed by atoms with E-state index in [1.807, 2.05) is 30.5 Å².